The van der Waals surface area contributed by atoms with Crippen LogP contribution in [0.3, 0.4) is 0 Å². The number of β-lactam (4-membered cyclic amide) rings is 2. The van der Waals surface area contributed by atoms with Gasteiger partial charge in [-0.05, 0) is 0 Å². The number of carbonyl (C=O) groups excluding carboxylic acids is 2. The first-order chi connectivity index (χ1) is 20.4. The average Bonchev–Trinajstić information content (AvgIpc) is 3.74. The SMILES string of the molecule is CC1(CCl)CN(c2ccc(F)[c]([Ti]([C]3=CC=CC3)([C]3=CC=CC3)[c]3c(F)ccc(N4CC(C)(CCl)C4=O)c3F)c2F)C1=O. The second kappa shape index (κ2) is 10.8. The number of nitrogens with zero attached hydrogens (tertiary/aromatic N) is 2. The van der Waals surface area contributed by atoms with Crippen molar-refractivity contribution in [3.8, 4) is 0 Å². The van der Waals surface area contributed by atoms with Gasteiger partial charge in [0.25, 0.3) is 0 Å². The van der Waals surface area contributed by atoms with E-state index in [9.17, 15) is 9.59 Å². The molecule has 0 aromatic heterocycles. The average molecular weight is 667 g/mol. The molecule has 2 saturated heterocycles. The van der Waals surface area contributed by atoms with Gasteiger partial charge in [0, 0.05) is 0 Å². The molecule has 2 aromatic rings. The van der Waals surface area contributed by atoms with Crippen LogP contribution in [0.5, 0.6) is 0 Å². The minimum atomic E-state index is -5.15. The molecule has 11 heteroatoms. The number of carbonyl (C=O) groups is 2. The summed E-state index contributed by atoms with van der Waals surface area (Å²) < 4.78 is 66.8. The standard InChI is InChI=1S/2C11H9ClF2NO.2C5H5.Ti/c2*1-11(5-12)6-15(10(11)16)9-3-2-7(13)4-8(9)14;2*1-2-4-5-3-1;/h2*2-3H,5-6H2,1H3;2*1-3H,4H2;. The molecular weight excluding hydrogens is 639 g/mol. The van der Waals surface area contributed by atoms with Crippen molar-refractivity contribution in [2.45, 2.75) is 26.7 Å². The number of halogens is 6. The van der Waals surface area contributed by atoms with Gasteiger partial charge in [0.1, 0.15) is 0 Å². The van der Waals surface area contributed by atoms with Crippen LogP contribution in [-0.4, -0.2) is 36.7 Å². The van der Waals surface area contributed by atoms with Crippen molar-refractivity contribution < 1.29 is 43.7 Å². The fourth-order valence-electron chi connectivity index (χ4n) is 6.65. The van der Waals surface area contributed by atoms with Gasteiger partial charge in [0.05, 0.1) is 0 Å². The van der Waals surface area contributed by atoms with E-state index in [1.165, 1.54) is 21.9 Å². The number of hydrogen-bond donors (Lipinski definition) is 0. The van der Waals surface area contributed by atoms with E-state index in [1.54, 1.807) is 50.3 Å². The van der Waals surface area contributed by atoms with E-state index in [0.717, 1.165) is 12.1 Å². The Bertz CT molecular complexity index is 1580. The Hall–Kier alpha value is -2.65. The third kappa shape index (κ3) is 4.27. The number of benzene rings is 2. The van der Waals surface area contributed by atoms with Crippen molar-refractivity contribution in [1.29, 1.82) is 0 Å². The van der Waals surface area contributed by atoms with Crippen LogP contribution in [0.4, 0.5) is 28.9 Å². The summed E-state index contributed by atoms with van der Waals surface area (Å²) >= 11 is 6.86. The normalized spacial score (nSPS) is 24.8. The zero-order chi connectivity index (χ0) is 30.9. The number of allylic oxidation sites excluding steroid dienone is 8. The summed E-state index contributed by atoms with van der Waals surface area (Å²) in [7, 11) is 0. The molecule has 2 aliphatic carbocycles. The summed E-state index contributed by atoms with van der Waals surface area (Å²) in [5.41, 5.74) is -2.12. The zero-order valence-corrected chi connectivity index (χ0v) is 26.6. The van der Waals surface area contributed by atoms with E-state index < -0.39 is 70.2 Å². The van der Waals surface area contributed by atoms with E-state index in [2.05, 4.69) is 0 Å². The van der Waals surface area contributed by atoms with Crippen LogP contribution in [0.2, 0.25) is 0 Å². The first-order valence-electron chi connectivity index (χ1n) is 13.9. The second-order valence-corrected chi connectivity index (χ2v) is 18.5. The number of hydrogen-bond acceptors (Lipinski definition) is 2. The van der Waals surface area contributed by atoms with Crippen molar-refractivity contribution in [3.63, 3.8) is 0 Å². The molecule has 0 bridgehead atoms. The van der Waals surface area contributed by atoms with Gasteiger partial charge in [-0.3, -0.25) is 0 Å². The first-order valence-corrected chi connectivity index (χ1v) is 18.1. The monoisotopic (exact) mass is 666 g/mol. The molecule has 2 aliphatic heterocycles. The molecule has 2 amide bonds. The third-order valence-electron chi connectivity index (χ3n) is 9.11. The first kappa shape index (κ1) is 30.4. The van der Waals surface area contributed by atoms with E-state index in [-0.39, 0.29) is 49.1 Å². The fraction of sp³-hybridized carbons (Fsp3) is 0.312. The van der Waals surface area contributed by atoms with Gasteiger partial charge in [-0.25, -0.2) is 0 Å². The van der Waals surface area contributed by atoms with Gasteiger partial charge in [-0.15, -0.1) is 0 Å². The molecule has 2 heterocycles. The zero-order valence-electron chi connectivity index (χ0n) is 23.5. The molecule has 43 heavy (non-hydrogen) atoms. The predicted molar refractivity (Wildman–Crippen MR) is 158 cm³/mol. The van der Waals surface area contributed by atoms with Crippen LogP contribution in [0.15, 0.2) is 68.5 Å². The van der Waals surface area contributed by atoms with Gasteiger partial charge in [0.2, 0.25) is 0 Å². The van der Waals surface area contributed by atoms with Crippen molar-refractivity contribution in [3.05, 3.63) is 91.7 Å². The molecule has 2 atom stereocenters. The van der Waals surface area contributed by atoms with Crippen LogP contribution < -0.4 is 17.5 Å². The minimum absolute atomic E-state index is 0.0259. The maximum atomic E-state index is 17.0. The molecule has 4 aliphatic rings. The van der Waals surface area contributed by atoms with Gasteiger partial charge in [-0.2, -0.15) is 0 Å². The molecule has 0 saturated carbocycles. The van der Waals surface area contributed by atoms with Gasteiger partial charge >= 0.3 is 262 Å². The summed E-state index contributed by atoms with van der Waals surface area (Å²) in [5, 5.41) is 0. The fourth-order valence-corrected chi connectivity index (χ4v) is 15.3. The molecule has 0 spiro atoms. The Labute approximate surface area is 260 Å². The predicted octanol–water partition coefficient (Wildman–Crippen LogP) is 6.22. The van der Waals surface area contributed by atoms with Crippen molar-refractivity contribution >= 4 is 54.1 Å². The number of amides is 2. The Morgan fingerprint density at radius 3 is 1.42 bits per heavy atom. The van der Waals surface area contributed by atoms with Gasteiger partial charge < -0.3 is 0 Å². The molecule has 6 rings (SSSR count). The van der Waals surface area contributed by atoms with Crippen LogP contribution >= 0.6 is 23.2 Å². The number of anilines is 2. The summed E-state index contributed by atoms with van der Waals surface area (Å²) in [4.78, 5) is 28.5. The van der Waals surface area contributed by atoms with Crippen LogP contribution in [0.1, 0.15) is 26.7 Å². The van der Waals surface area contributed by atoms with E-state index in [1.807, 2.05) is 0 Å². The van der Waals surface area contributed by atoms with E-state index in [4.69, 9.17) is 23.2 Å². The van der Waals surface area contributed by atoms with Crippen LogP contribution in [0, 0.1) is 34.1 Å². The quantitative estimate of drug-likeness (QED) is 0.145. The molecule has 2 unspecified atom stereocenters. The third-order valence-corrected chi connectivity index (χ3v) is 18.2. The molecule has 4 nitrogen and oxygen atoms in total. The topological polar surface area (TPSA) is 40.6 Å². The molecular formula is C32H28Cl2F4N2O2Ti. The Morgan fingerprint density at radius 2 is 1.12 bits per heavy atom. The molecule has 0 radical (unpaired) electrons. The van der Waals surface area contributed by atoms with Gasteiger partial charge in [-0.1, -0.05) is 0 Å². The van der Waals surface area contributed by atoms with Crippen LogP contribution in [-0.2, 0) is 26.2 Å². The summed E-state index contributed by atoms with van der Waals surface area (Å²) in [6.07, 6.45) is 10.9. The van der Waals surface area contributed by atoms with Crippen molar-refractivity contribution in [2.24, 2.45) is 10.8 Å². The maximum absolute atomic E-state index is 17.0. The van der Waals surface area contributed by atoms with Crippen molar-refractivity contribution in [2.75, 3.05) is 34.6 Å². The molecule has 2 fully saturated rings. The van der Waals surface area contributed by atoms with E-state index in [0.29, 0.717) is 7.76 Å². The van der Waals surface area contributed by atoms with Crippen molar-refractivity contribution in [1.82, 2.24) is 0 Å². The van der Waals surface area contributed by atoms with Gasteiger partial charge in [0.15, 0.2) is 0 Å². The van der Waals surface area contributed by atoms with E-state index >= 15 is 17.6 Å². The Kier molecular flexibility index (Phi) is 7.60. The Balaban J connectivity index is 1.64. The second-order valence-electron chi connectivity index (χ2n) is 12.1. The molecule has 2 aromatic carbocycles. The molecule has 0 N–H and O–H groups in total. The summed E-state index contributed by atoms with van der Waals surface area (Å²) in [6, 6.07) is 4.50. The summed E-state index contributed by atoms with van der Waals surface area (Å²) in [6.45, 7) is 3.55. The Morgan fingerprint density at radius 1 is 0.721 bits per heavy atom. The number of rotatable bonds is 8. The molecule has 224 valence electrons. The summed E-state index contributed by atoms with van der Waals surface area (Å²) in [5.74, 6) is -4.73. The number of alkyl halides is 2. The van der Waals surface area contributed by atoms with Crippen LogP contribution in [0.25, 0.3) is 0 Å².